The second-order valence-electron chi connectivity index (χ2n) is 6.14. The number of rotatable bonds is 4. The summed E-state index contributed by atoms with van der Waals surface area (Å²) in [7, 11) is 0. The Balaban J connectivity index is 1.86. The van der Waals surface area contributed by atoms with Gasteiger partial charge in [-0.15, -0.1) is 0 Å². The molecule has 1 saturated heterocycles. The third kappa shape index (κ3) is 3.50. The summed E-state index contributed by atoms with van der Waals surface area (Å²) < 4.78 is 6.00. The molecule has 1 fully saturated rings. The number of pyridine rings is 1. The lowest BCUT2D eigenvalue weighted by atomic mass is 10.1. The summed E-state index contributed by atoms with van der Waals surface area (Å²) in [6.45, 7) is 6.22. The van der Waals surface area contributed by atoms with E-state index in [4.69, 9.17) is 4.74 Å². The molecule has 2 heterocycles. The summed E-state index contributed by atoms with van der Waals surface area (Å²) in [5.41, 5.74) is 3.91. The molecule has 126 valence electrons. The van der Waals surface area contributed by atoms with Crippen LogP contribution in [0.4, 0.5) is 0 Å². The Labute approximate surface area is 142 Å². The van der Waals surface area contributed by atoms with Crippen molar-refractivity contribution in [2.75, 3.05) is 13.1 Å². The van der Waals surface area contributed by atoms with Gasteiger partial charge in [0.1, 0.15) is 6.61 Å². The van der Waals surface area contributed by atoms with Crippen molar-refractivity contribution in [1.29, 1.82) is 0 Å². The normalized spacial score (nSPS) is 14.9. The predicted octanol–water partition coefficient (Wildman–Crippen LogP) is 3.51. The summed E-state index contributed by atoms with van der Waals surface area (Å²) in [4.78, 5) is 6.59. The fourth-order valence-corrected chi connectivity index (χ4v) is 2.95. The van der Waals surface area contributed by atoms with Crippen molar-refractivity contribution in [3.8, 4) is 5.88 Å². The first-order valence-corrected chi connectivity index (χ1v) is 8.31. The third-order valence-corrected chi connectivity index (χ3v) is 4.37. The first-order chi connectivity index (χ1) is 11.7. The molecule has 3 rings (SSSR count). The molecule has 0 bridgehead atoms. The molecule has 1 aliphatic heterocycles. The van der Waals surface area contributed by atoms with Crippen LogP contribution < -0.4 is 4.74 Å². The lowest BCUT2D eigenvalue weighted by molar-refractivity contribution is 0.287. The standard InChI is InChI=1S/C19H23N3O2/c1-14-7-3-4-8-16(14)13-24-19-17(10-9-15(2)20-19)18(21-23)22-11-5-6-12-22/h3-4,7-10,23H,5-6,11-13H2,1-2H3/b21-18-. The quantitative estimate of drug-likeness (QED) is 0.404. The van der Waals surface area contributed by atoms with Crippen LogP contribution in [0.25, 0.3) is 0 Å². The maximum atomic E-state index is 9.53. The number of benzene rings is 1. The molecule has 2 aromatic rings. The molecule has 0 saturated carbocycles. The average molecular weight is 325 g/mol. The zero-order valence-corrected chi connectivity index (χ0v) is 14.2. The van der Waals surface area contributed by atoms with Crippen molar-refractivity contribution in [3.63, 3.8) is 0 Å². The molecular formula is C19H23N3O2. The van der Waals surface area contributed by atoms with Gasteiger partial charge in [-0.25, -0.2) is 4.98 Å². The van der Waals surface area contributed by atoms with Crippen LogP contribution in [-0.2, 0) is 6.61 Å². The van der Waals surface area contributed by atoms with Gasteiger partial charge in [0, 0.05) is 18.8 Å². The Bertz CT molecular complexity index is 737. The molecule has 0 unspecified atom stereocenters. The van der Waals surface area contributed by atoms with Crippen molar-refractivity contribution < 1.29 is 9.94 Å². The minimum Gasteiger partial charge on any atom is -0.472 e. The SMILES string of the molecule is Cc1ccc(/C(=N/O)N2CCCC2)c(OCc2ccccc2C)n1. The topological polar surface area (TPSA) is 58.0 Å². The lowest BCUT2D eigenvalue weighted by Gasteiger charge is -2.20. The maximum absolute atomic E-state index is 9.53. The Morgan fingerprint density at radius 2 is 1.92 bits per heavy atom. The number of aryl methyl sites for hydroxylation is 2. The number of hydrogen-bond donors (Lipinski definition) is 1. The van der Waals surface area contributed by atoms with Gasteiger partial charge < -0.3 is 14.8 Å². The summed E-state index contributed by atoms with van der Waals surface area (Å²) in [5, 5.41) is 13.1. The number of amidine groups is 1. The molecule has 0 atom stereocenters. The van der Waals surface area contributed by atoms with E-state index in [0.29, 0.717) is 18.3 Å². The van der Waals surface area contributed by atoms with Gasteiger partial charge in [-0.2, -0.15) is 0 Å². The number of likely N-dealkylation sites (tertiary alicyclic amines) is 1. The van der Waals surface area contributed by atoms with Gasteiger partial charge in [0.25, 0.3) is 0 Å². The fourth-order valence-electron chi connectivity index (χ4n) is 2.95. The molecule has 1 aromatic carbocycles. The van der Waals surface area contributed by atoms with Gasteiger partial charge in [0.05, 0.1) is 5.56 Å². The first kappa shape index (κ1) is 16.3. The average Bonchev–Trinajstić information content (AvgIpc) is 3.11. The highest BCUT2D eigenvalue weighted by Crippen LogP contribution is 2.23. The van der Waals surface area contributed by atoms with E-state index in [1.807, 2.05) is 37.3 Å². The van der Waals surface area contributed by atoms with Crippen molar-refractivity contribution in [2.45, 2.75) is 33.3 Å². The van der Waals surface area contributed by atoms with E-state index in [0.717, 1.165) is 42.8 Å². The van der Waals surface area contributed by atoms with E-state index in [1.165, 1.54) is 5.56 Å². The largest absolute Gasteiger partial charge is 0.472 e. The summed E-state index contributed by atoms with van der Waals surface area (Å²) in [6, 6.07) is 12.0. The lowest BCUT2D eigenvalue weighted by Crippen LogP contribution is -2.29. The van der Waals surface area contributed by atoms with Crippen LogP contribution >= 0.6 is 0 Å². The molecule has 24 heavy (non-hydrogen) atoms. The highest BCUT2D eigenvalue weighted by atomic mass is 16.5. The molecule has 0 radical (unpaired) electrons. The monoisotopic (exact) mass is 325 g/mol. The second kappa shape index (κ2) is 7.34. The van der Waals surface area contributed by atoms with Gasteiger partial charge in [-0.05, 0) is 49.9 Å². The van der Waals surface area contributed by atoms with Crippen molar-refractivity contribution in [2.24, 2.45) is 5.16 Å². The van der Waals surface area contributed by atoms with Crippen LogP contribution in [0.2, 0.25) is 0 Å². The van der Waals surface area contributed by atoms with Gasteiger partial charge in [-0.1, -0.05) is 29.4 Å². The Morgan fingerprint density at radius 1 is 1.17 bits per heavy atom. The number of aromatic nitrogens is 1. The van der Waals surface area contributed by atoms with E-state index >= 15 is 0 Å². The molecule has 0 amide bonds. The Kier molecular flexibility index (Phi) is 4.99. The van der Waals surface area contributed by atoms with Crippen LogP contribution in [0, 0.1) is 13.8 Å². The zero-order chi connectivity index (χ0) is 16.9. The van der Waals surface area contributed by atoms with E-state index in [2.05, 4.69) is 28.0 Å². The molecule has 5 nitrogen and oxygen atoms in total. The van der Waals surface area contributed by atoms with Crippen LogP contribution in [0.15, 0.2) is 41.6 Å². The highest BCUT2D eigenvalue weighted by molar-refractivity contribution is 6.00. The summed E-state index contributed by atoms with van der Waals surface area (Å²) in [6.07, 6.45) is 2.22. The van der Waals surface area contributed by atoms with Crippen molar-refractivity contribution >= 4 is 5.84 Å². The highest BCUT2D eigenvalue weighted by Gasteiger charge is 2.22. The third-order valence-electron chi connectivity index (χ3n) is 4.37. The number of ether oxygens (including phenoxy) is 1. The first-order valence-electron chi connectivity index (χ1n) is 8.31. The van der Waals surface area contributed by atoms with Gasteiger partial charge in [0.15, 0.2) is 5.84 Å². The molecule has 1 N–H and O–H groups in total. The smallest absolute Gasteiger partial charge is 0.225 e. The van der Waals surface area contributed by atoms with Crippen LogP contribution in [-0.4, -0.2) is 34.0 Å². The number of hydrogen-bond acceptors (Lipinski definition) is 4. The Morgan fingerprint density at radius 3 is 2.62 bits per heavy atom. The fraction of sp³-hybridized carbons (Fsp3) is 0.368. The second-order valence-corrected chi connectivity index (χ2v) is 6.14. The van der Waals surface area contributed by atoms with Crippen LogP contribution in [0.1, 0.15) is 35.2 Å². The maximum Gasteiger partial charge on any atom is 0.225 e. The zero-order valence-electron chi connectivity index (χ0n) is 14.2. The minimum atomic E-state index is 0.439. The number of oxime groups is 1. The van der Waals surface area contributed by atoms with Gasteiger partial charge in [-0.3, -0.25) is 0 Å². The molecule has 0 aliphatic carbocycles. The molecule has 1 aliphatic rings. The van der Waals surface area contributed by atoms with E-state index in [9.17, 15) is 5.21 Å². The Hall–Kier alpha value is -2.56. The molecule has 0 spiro atoms. The van der Waals surface area contributed by atoms with Crippen LogP contribution in [0.3, 0.4) is 0 Å². The molecule has 5 heteroatoms. The van der Waals surface area contributed by atoms with Crippen molar-refractivity contribution in [1.82, 2.24) is 9.88 Å². The van der Waals surface area contributed by atoms with Gasteiger partial charge >= 0.3 is 0 Å². The number of nitrogens with zero attached hydrogens (tertiary/aromatic N) is 3. The molecule has 1 aromatic heterocycles. The van der Waals surface area contributed by atoms with E-state index in [1.54, 1.807) is 0 Å². The van der Waals surface area contributed by atoms with E-state index in [-0.39, 0.29) is 0 Å². The minimum absolute atomic E-state index is 0.439. The summed E-state index contributed by atoms with van der Waals surface area (Å²) in [5.74, 6) is 1.05. The predicted molar refractivity (Wildman–Crippen MR) is 93.6 cm³/mol. The van der Waals surface area contributed by atoms with Crippen LogP contribution in [0.5, 0.6) is 5.88 Å². The van der Waals surface area contributed by atoms with E-state index < -0.39 is 0 Å². The molecular weight excluding hydrogens is 302 g/mol. The van der Waals surface area contributed by atoms with Crippen molar-refractivity contribution in [3.05, 3.63) is 58.8 Å². The summed E-state index contributed by atoms with van der Waals surface area (Å²) >= 11 is 0. The van der Waals surface area contributed by atoms with Gasteiger partial charge in [0.2, 0.25) is 5.88 Å².